The summed E-state index contributed by atoms with van der Waals surface area (Å²) in [5.41, 5.74) is 4.87. The van der Waals surface area contributed by atoms with Crippen LogP contribution in [-0.4, -0.2) is 85.3 Å². The molecule has 12 heteroatoms. The Hall–Kier alpha value is -0.170. The molecule has 0 aromatic heterocycles. The summed E-state index contributed by atoms with van der Waals surface area (Å²) in [6.45, 7) is 1.73. The van der Waals surface area contributed by atoms with Gasteiger partial charge in [-0.15, -0.1) is 0 Å². The van der Waals surface area contributed by atoms with Crippen LogP contribution < -0.4 is 5.73 Å². The zero-order chi connectivity index (χ0) is 27.5. The van der Waals surface area contributed by atoms with Gasteiger partial charge < -0.3 is 45.8 Å². The second-order valence-corrected chi connectivity index (χ2v) is 10.8. The fourth-order valence-corrected chi connectivity index (χ4v) is 4.51. The maximum absolute atomic E-state index is 10.5. The van der Waals surface area contributed by atoms with Crippen LogP contribution in [0, 0.1) is 0 Å². The van der Waals surface area contributed by atoms with Gasteiger partial charge >= 0.3 is 7.82 Å². The van der Waals surface area contributed by atoms with Gasteiger partial charge in [-0.25, -0.2) is 4.57 Å². The predicted octanol–water partition coefficient (Wildman–Crippen LogP) is 2.07. The number of hydrogen-bond acceptors (Lipinski definition) is 9. The predicted molar refractivity (Wildman–Crippen MR) is 137 cm³/mol. The lowest BCUT2D eigenvalue weighted by Gasteiger charge is -2.45. The summed E-state index contributed by atoms with van der Waals surface area (Å²) in [7, 11) is -4.26. The van der Waals surface area contributed by atoms with Crippen LogP contribution in [0.3, 0.4) is 0 Å². The lowest BCUT2D eigenvalue weighted by Crippen LogP contribution is -2.65. The number of hydrogen-bond donors (Lipinski definition) is 8. The van der Waals surface area contributed by atoms with Crippen molar-refractivity contribution in [2.75, 3.05) is 19.8 Å². The van der Waals surface area contributed by atoms with Crippen LogP contribution in [0.4, 0.5) is 0 Å². The molecule has 1 aliphatic rings. The van der Waals surface area contributed by atoms with E-state index in [0.29, 0.717) is 6.42 Å². The van der Waals surface area contributed by atoms with Crippen molar-refractivity contribution >= 4 is 7.82 Å². The maximum Gasteiger partial charge on any atom is 0.469 e. The number of unbranched alkanes of at least 4 members (excludes halogenated alkanes) is 13. The molecular formula is C24H52NO10P. The Bertz CT molecular complexity index is 565. The summed E-state index contributed by atoms with van der Waals surface area (Å²) >= 11 is 0. The highest BCUT2D eigenvalue weighted by molar-refractivity contribution is 7.46. The average Bonchev–Trinajstić information content (AvgIpc) is 2.84. The molecule has 0 amide bonds. The van der Waals surface area contributed by atoms with E-state index in [1.807, 2.05) is 0 Å². The number of rotatable bonds is 19. The third kappa shape index (κ3) is 16.6. The second kappa shape index (κ2) is 20.7. The molecule has 1 aliphatic heterocycles. The summed E-state index contributed by atoms with van der Waals surface area (Å²) in [6, 6.07) is 0. The lowest BCUT2D eigenvalue weighted by molar-refractivity contribution is -0.351. The summed E-state index contributed by atoms with van der Waals surface area (Å²) in [5, 5.41) is 49.3. The Kier molecular flexibility index (Phi) is 20.7. The molecule has 1 rings (SSSR count). The molecule has 0 unspecified atom stereocenters. The van der Waals surface area contributed by atoms with Crippen LogP contribution in [0.15, 0.2) is 0 Å². The minimum atomic E-state index is -4.26. The van der Waals surface area contributed by atoms with Crippen molar-refractivity contribution in [1.29, 1.82) is 0 Å². The lowest BCUT2D eigenvalue weighted by atomic mass is 9.89. The molecule has 1 fully saturated rings. The molecule has 0 aromatic carbocycles. The SMILES string of the molecule is CCCCCCCCCCCCCCCC[C@@]1(O)O[C@H](CO)[C@H](O)[C@H](O)[C@H]1O.NCCOP(=O)(O)O. The van der Waals surface area contributed by atoms with E-state index < -0.39 is 44.6 Å². The topological polar surface area (TPSA) is 203 Å². The van der Waals surface area contributed by atoms with E-state index in [2.05, 4.69) is 11.4 Å². The number of phosphoric acid groups is 1. The largest absolute Gasteiger partial charge is 0.469 e. The summed E-state index contributed by atoms with van der Waals surface area (Å²) in [4.78, 5) is 16.0. The molecule has 0 bridgehead atoms. The highest BCUT2D eigenvalue weighted by Crippen LogP contribution is 2.35. The molecule has 5 atom stereocenters. The first-order chi connectivity index (χ1) is 17.0. The van der Waals surface area contributed by atoms with Crippen LogP contribution in [0.5, 0.6) is 0 Å². The van der Waals surface area contributed by atoms with Gasteiger partial charge in [0.15, 0.2) is 5.79 Å². The number of phosphoric ester groups is 1. The minimum absolute atomic E-state index is 0.107. The zero-order valence-electron chi connectivity index (χ0n) is 21.9. The van der Waals surface area contributed by atoms with Gasteiger partial charge in [-0.1, -0.05) is 90.4 Å². The Morgan fingerprint density at radius 3 is 1.64 bits per heavy atom. The van der Waals surface area contributed by atoms with E-state index in [-0.39, 0.29) is 19.6 Å². The fraction of sp³-hybridized carbons (Fsp3) is 1.00. The highest BCUT2D eigenvalue weighted by Gasteiger charge is 2.51. The number of ether oxygens (including phenoxy) is 1. The molecule has 0 spiro atoms. The standard InChI is InChI=1S/C22H44O6.C2H8NO4P/c1-2-3-4-5-6-7-8-9-10-11-12-13-14-15-16-22(27)21(26)20(25)19(24)18(17-23)28-22;3-1-2-7-8(4,5)6/h18-21,23-27H,2-17H2,1H3;1-3H2,(H2,4,5,6)/t18-,19+,20+,21-,22-;/m1./s1. The van der Waals surface area contributed by atoms with Crippen LogP contribution in [0.2, 0.25) is 0 Å². The summed E-state index contributed by atoms with van der Waals surface area (Å²) in [5.74, 6) is -1.91. The smallest absolute Gasteiger partial charge is 0.394 e. The van der Waals surface area contributed by atoms with Crippen molar-refractivity contribution in [3.8, 4) is 0 Å². The summed E-state index contributed by atoms with van der Waals surface area (Å²) < 4.78 is 19.0. The maximum atomic E-state index is 10.5. The Morgan fingerprint density at radius 2 is 1.28 bits per heavy atom. The molecule has 11 nitrogen and oxygen atoms in total. The Morgan fingerprint density at radius 1 is 0.833 bits per heavy atom. The molecule has 36 heavy (non-hydrogen) atoms. The minimum Gasteiger partial charge on any atom is -0.394 e. The second-order valence-electron chi connectivity index (χ2n) is 9.57. The first kappa shape index (κ1) is 35.8. The van der Waals surface area contributed by atoms with Gasteiger partial charge in [-0.2, -0.15) is 0 Å². The molecule has 1 heterocycles. The summed E-state index contributed by atoms with van der Waals surface area (Å²) in [6.07, 6.45) is 11.7. The van der Waals surface area contributed by atoms with E-state index in [9.17, 15) is 30.1 Å². The molecule has 218 valence electrons. The van der Waals surface area contributed by atoms with Crippen molar-refractivity contribution in [1.82, 2.24) is 0 Å². The van der Waals surface area contributed by atoms with Gasteiger partial charge in [0.2, 0.25) is 0 Å². The van der Waals surface area contributed by atoms with Gasteiger partial charge in [0, 0.05) is 13.0 Å². The molecule has 1 saturated heterocycles. The van der Waals surface area contributed by atoms with Crippen molar-refractivity contribution in [3.05, 3.63) is 0 Å². The molecular weight excluding hydrogens is 493 g/mol. The number of aliphatic hydroxyl groups excluding tert-OH is 4. The molecule has 0 aliphatic carbocycles. The van der Waals surface area contributed by atoms with Gasteiger partial charge in [0.05, 0.1) is 13.2 Å². The van der Waals surface area contributed by atoms with Crippen molar-refractivity contribution in [2.24, 2.45) is 5.73 Å². The van der Waals surface area contributed by atoms with Crippen LogP contribution in [-0.2, 0) is 13.8 Å². The molecule has 9 N–H and O–H groups in total. The van der Waals surface area contributed by atoms with Gasteiger partial charge in [0.25, 0.3) is 0 Å². The van der Waals surface area contributed by atoms with Crippen molar-refractivity contribution in [3.63, 3.8) is 0 Å². The van der Waals surface area contributed by atoms with E-state index in [0.717, 1.165) is 12.8 Å². The zero-order valence-corrected chi connectivity index (χ0v) is 22.8. The normalized spacial score (nSPS) is 26.5. The first-order valence-corrected chi connectivity index (χ1v) is 15.0. The fourth-order valence-electron chi connectivity index (χ4n) is 4.17. The molecule has 0 radical (unpaired) electrons. The van der Waals surface area contributed by atoms with Crippen LogP contribution in [0.25, 0.3) is 0 Å². The third-order valence-corrected chi connectivity index (χ3v) is 6.84. The van der Waals surface area contributed by atoms with Crippen LogP contribution in [0.1, 0.15) is 103 Å². The molecule has 0 aromatic rings. The molecule has 0 saturated carbocycles. The van der Waals surface area contributed by atoms with Crippen molar-refractivity contribution in [2.45, 2.75) is 133 Å². The Labute approximate surface area is 216 Å². The monoisotopic (exact) mass is 545 g/mol. The van der Waals surface area contributed by atoms with E-state index in [1.165, 1.54) is 70.6 Å². The average molecular weight is 546 g/mol. The van der Waals surface area contributed by atoms with Gasteiger partial charge in [-0.3, -0.25) is 4.52 Å². The highest BCUT2D eigenvalue weighted by atomic mass is 31.2. The van der Waals surface area contributed by atoms with E-state index >= 15 is 0 Å². The number of aliphatic hydroxyl groups is 5. The first-order valence-electron chi connectivity index (χ1n) is 13.5. The van der Waals surface area contributed by atoms with Crippen molar-refractivity contribution < 1.29 is 49.1 Å². The quantitative estimate of drug-likeness (QED) is 0.0871. The van der Waals surface area contributed by atoms with Crippen LogP contribution >= 0.6 is 7.82 Å². The third-order valence-electron chi connectivity index (χ3n) is 6.32. The van der Waals surface area contributed by atoms with Gasteiger partial charge in [-0.05, 0) is 6.42 Å². The number of nitrogens with two attached hydrogens (primary N) is 1. The van der Waals surface area contributed by atoms with Gasteiger partial charge in [0.1, 0.15) is 24.4 Å². The van der Waals surface area contributed by atoms with E-state index in [4.69, 9.17) is 20.3 Å². The Balaban J connectivity index is 0.00000131. The van der Waals surface area contributed by atoms with E-state index in [1.54, 1.807) is 0 Å².